The van der Waals surface area contributed by atoms with Crippen LogP contribution in [0.15, 0.2) is 53.5 Å². The fourth-order valence-corrected chi connectivity index (χ4v) is 1.98. The summed E-state index contributed by atoms with van der Waals surface area (Å²) in [7, 11) is 0. The molecule has 0 aliphatic heterocycles. The van der Waals surface area contributed by atoms with Crippen molar-refractivity contribution in [3.8, 4) is 23.8 Å². The van der Waals surface area contributed by atoms with Crippen molar-refractivity contribution in [2.75, 3.05) is 6.26 Å². The van der Waals surface area contributed by atoms with Crippen LogP contribution < -0.4 is 10.1 Å². The number of thioether (sulfide) groups is 1. The van der Waals surface area contributed by atoms with E-state index in [2.05, 4.69) is 16.4 Å². The lowest BCUT2D eigenvalue weighted by molar-refractivity contribution is 0.484. The van der Waals surface area contributed by atoms with Gasteiger partial charge in [0.1, 0.15) is 11.4 Å². The number of hydrogen-bond donors (Lipinski definition) is 1. The van der Waals surface area contributed by atoms with E-state index in [4.69, 9.17) is 15.3 Å². The summed E-state index contributed by atoms with van der Waals surface area (Å²) < 4.78 is 5.80. The largest absolute Gasteiger partial charge is 0.455 e. The van der Waals surface area contributed by atoms with E-state index in [9.17, 15) is 0 Å². The van der Waals surface area contributed by atoms with Crippen molar-refractivity contribution in [2.45, 2.75) is 0 Å². The summed E-state index contributed by atoms with van der Waals surface area (Å²) in [6, 6.07) is 16.2. The normalized spacial score (nSPS) is 10.4. The molecule has 2 aromatic rings. The molecule has 2 rings (SSSR count). The maximum Gasteiger partial charge on any atom is 0.183 e. The molecule has 0 saturated heterocycles. The van der Waals surface area contributed by atoms with Crippen LogP contribution in [-0.2, 0) is 0 Å². The first kappa shape index (κ1) is 15.4. The molecule has 0 spiro atoms. The van der Waals surface area contributed by atoms with E-state index in [0.717, 1.165) is 0 Å². The van der Waals surface area contributed by atoms with E-state index < -0.39 is 0 Å². The molecule has 5 nitrogen and oxygen atoms in total. The Morgan fingerprint density at radius 3 is 2.50 bits per heavy atom. The molecule has 0 bridgehead atoms. The molecule has 0 saturated carbocycles. The molecule has 0 fully saturated rings. The van der Waals surface area contributed by atoms with E-state index in [0.29, 0.717) is 27.9 Å². The number of rotatable bonds is 3. The third-order valence-electron chi connectivity index (χ3n) is 2.65. The van der Waals surface area contributed by atoms with Crippen molar-refractivity contribution in [3.63, 3.8) is 0 Å². The third kappa shape index (κ3) is 4.02. The van der Waals surface area contributed by atoms with Gasteiger partial charge in [0.25, 0.3) is 0 Å². The minimum atomic E-state index is 0.485. The first-order chi connectivity index (χ1) is 10.8. The highest BCUT2D eigenvalue weighted by Gasteiger charge is 2.05. The molecule has 22 heavy (non-hydrogen) atoms. The van der Waals surface area contributed by atoms with Gasteiger partial charge in [0.05, 0.1) is 11.6 Å². The van der Waals surface area contributed by atoms with Gasteiger partial charge in [-0.25, -0.2) is 4.99 Å². The zero-order chi connectivity index (χ0) is 15.8. The van der Waals surface area contributed by atoms with Crippen LogP contribution in [0, 0.1) is 22.8 Å². The molecule has 0 radical (unpaired) electrons. The van der Waals surface area contributed by atoms with Crippen LogP contribution >= 0.6 is 11.8 Å². The number of ether oxygens (including phenoxy) is 1. The topological polar surface area (TPSA) is 81.2 Å². The van der Waals surface area contributed by atoms with E-state index in [1.807, 2.05) is 24.6 Å². The Labute approximate surface area is 132 Å². The van der Waals surface area contributed by atoms with Crippen LogP contribution in [0.2, 0.25) is 0 Å². The fourth-order valence-electron chi connectivity index (χ4n) is 1.64. The molecular weight excluding hydrogens is 296 g/mol. The van der Waals surface area contributed by atoms with Gasteiger partial charge in [0.15, 0.2) is 17.1 Å². The molecule has 108 valence electrons. The first-order valence-electron chi connectivity index (χ1n) is 6.31. The Morgan fingerprint density at radius 1 is 1.14 bits per heavy atom. The van der Waals surface area contributed by atoms with Crippen molar-refractivity contribution >= 4 is 22.6 Å². The number of nitrogens with zero attached hydrogens (tertiary/aromatic N) is 3. The Morgan fingerprint density at radius 2 is 1.86 bits per heavy atom. The van der Waals surface area contributed by atoms with Crippen LogP contribution in [0.3, 0.4) is 0 Å². The zero-order valence-electron chi connectivity index (χ0n) is 11.8. The Hall–Kier alpha value is -2.96. The smallest absolute Gasteiger partial charge is 0.183 e. The molecule has 0 aliphatic carbocycles. The number of aliphatic imine (C=N–C) groups is 1. The van der Waals surface area contributed by atoms with Crippen molar-refractivity contribution < 1.29 is 4.74 Å². The van der Waals surface area contributed by atoms with Crippen LogP contribution in [0.5, 0.6) is 11.5 Å². The van der Waals surface area contributed by atoms with E-state index in [1.54, 1.807) is 36.4 Å². The van der Waals surface area contributed by atoms with Gasteiger partial charge >= 0.3 is 0 Å². The van der Waals surface area contributed by atoms with Crippen molar-refractivity contribution in [3.05, 3.63) is 54.1 Å². The second-order valence-corrected chi connectivity index (χ2v) is 4.86. The standard InChI is InChI=1S/C16H12N4OS/c1-22-16(19-11-18)20-14-4-2-3-5-15(14)21-13-8-6-12(10-17)7-9-13/h2-9H,1H3,(H,19,20). The minimum Gasteiger partial charge on any atom is -0.455 e. The number of benzene rings is 2. The summed E-state index contributed by atoms with van der Waals surface area (Å²) in [5, 5.41) is 20.5. The lowest BCUT2D eigenvalue weighted by Crippen LogP contribution is -2.12. The molecule has 0 amide bonds. The summed E-state index contributed by atoms with van der Waals surface area (Å²) in [5.41, 5.74) is 1.18. The number of hydrogen-bond acceptors (Lipinski definition) is 5. The second kappa shape index (κ2) is 7.72. The van der Waals surface area contributed by atoms with Gasteiger partial charge < -0.3 is 4.74 Å². The quantitative estimate of drug-likeness (QED) is 0.404. The summed E-state index contributed by atoms with van der Waals surface area (Å²) >= 11 is 1.33. The predicted molar refractivity (Wildman–Crippen MR) is 87.0 cm³/mol. The maximum absolute atomic E-state index is 8.79. The van der Waals surface area contributed by atoms with Gasteiger partial charge in [-0.15, -0.1) is 0 Å². The number of para-hydroxylation sites is 2. The van der Waals surface area contributed by atoms with Gasteiger partial charge in [-0.05, 0) is 42.7 Å². The van der Waals surface area contributed by atoms with Crippen LogP contribution in [0.1, 0.15) is 5.56 Å². The minimum absolute atomic E-state index is 0.485. The monoisotopic (exact) mass is 308 g/mol. The van der Waals surface area contributed by atoms with E-state index >= 15 is 0 Å². The highest BCUT2D eigenvalue weighted by molar-refractivity contribution is 8.13. The lowest BCUT2D eigenvalue weighted by atomic mass is 10.2. The summed E-state index contributed by atoms with van der Waals surface area (Å²) in [4.78, 5) is 4.37. The average molecular weight is 308 g/mol. The average Bonchev–Trinajstić information content (AvgIpc) is 2.56. The number of nitriles is 2. The molecule has 0 aromatic heterocycles. The van der Waals surface area contributed by atoms with Crippen molar-refractivity contribution in [1.82, 2.24) is 5.32 Å². The SMILES string of the molecule is CSC(=Nc1ccccc1Oc1ccc(C#N)cc1)NC#N. The van der Waals surface area contributed by atoms with Gasteiger partial charge in [-0.2, -0.15) is 10.5 Å². The summed E-state index contributed by atoms with van der Waals surface area (Å²) in [5.74, 6) is 1.18. The van der Waals surface area contributed by atoms with Crippen molar-refractivity contribution in [2.24, 2.45) is 4.99 Å². The Bertz CT molecular complexity index is 757. The Balaban J connectivity index is 2.28. The maximum atomic E-state index is 8.79. The number of nitrogens with one attached hydrogen (secondary N) is 1. The third-order valence-corrected chi connectivity index (χ3v) is 3.23. The molecule has 0 aliphatic rings. The van der Waals surface area contributed by atoms with Gasteiger partial charge in [-0.1, -0.05) is 23.9 Å². The molecule has 0 atom stereocenters. The highest BCUT2D eigenvalue weighted by Crippen LogP contribution is 2.32. The van der Waals surface area contributed by atoms with E-state index in [-0.39, 0.29) is 0 Å². The molecular formula is C16H12N4OS. The molecule has 0 heterocycles. The molecule has 0 unspecified atom stereocenters. The van der Waals surface area contributed by atoms with Gasteiger partial charge in [0, 0.05) is 0 Å². The fraction of sp³-hybridized carbons (Fsp3) is 0.0625. The summed E-state index contributed by atoms with van der Waals surface area (Å²) in [6.45, 7) is 0. The highest BCUT2D eigenvalue weighted by atomic mass is 32.2. The van der Waals surface area contributed by atoms with Crippen LogP contribution in [-0.4, -0.2) is 11.4 Å². The number of amidine groups is 1. The predicted octanol–water partition coefficient (Wildman–Crippen LogP) is 3.77. The van der Waals surface area contributed by atoms with Crippen LogP contribution in [0.25, 0.3) is 0 Å². The molecule has 2 aromatic carbocycles. The lowest BCUT2D eigenvalue weighted by Gasteiger charge is -2.09. The Kier molecular flexibility index (Phi) is 5.42. The van der Waals surface area contributed by atoms with E-state index in [1.165, 1.54) is 11.8 Å². The zero-order valence-corrected chi connectivity index (χ0v) is 12.6. The van der Waals surface area contributed by atoms with Gasteiger partial charge in [0.2, 0.25) is 0 Å². The molecule has 6 heteroatoms. The second-order valence-electron chi connectivity index (χ2n) is 4.06. The van der Waals surface area contributed by atoms with Crippen molar-refractivity contribution in [1.29, 1.82) is 10.5 Å². The molecule has 1 N–H and O–H groups in total. The van der Waals surface area contributed by atoms with Gasteiger partial charge in [-0.3, -0.25) is 5.32 Å². The van der Waals surface area contributed by atoms with Crippen LogP contribution in [0.4, 0.5) is 5.69 Å². The summed E-state index contributed by atoms with van der Waals surface area (Å²) in [6.07, 6.45) is 3.67. The first-order valence-corrected chi connectivity index (χ1v) is 7.54.